The average molecular weight is 393 g/mol. The Bertz CT molecular complexity index is 1070. The lowest BCUT2D eigenvalue weighted by molar-refractivity contribution is -0.125. The number of carbonyl (C=O) groups is 2. The van der Waals surface area contributed by atoms with Crippen LogP contribution in [-0.2, 0) is 22.5 Å². The number of pyridine rings is 1. The van der Waals surface area contributed by atoms with Crippen LogP contribution in [0.5, 0.6) is 0 Å². The molecule has 2 N–H and O–H groups in total. The van der Waals surface area contributed by atoms with Crippen LogP contribution in [0.25, 0.3) is 11.3 Å². The van der Waals surface area contributed by atoms with E-state index < -0.39 is 11.8 Å². The number of ether oxygens (including phenoxy) is 1. The number of anilines is 1. The highest BCUT2D eigenvalue weighted by Crippen LogP contribution is 2.45. The molecule has 1 aliphatic heterocycles. The Kier molecular flexibility index (Phi) is 4.71. The molecule has 0 atom stereocenters. The van der Waals surface area contributed by atoms with Gasteiger partial charge in [0.05, 0.1) is 24.1 Å². The van der Waals surface area contributed by atoms with E-state index in [0.29, 0.717) is 30.9 Å². The number of halogens is 1. The standard InChI is InChI=1S/C22H20FN3O3/c1-3-18(27)26-9-8-14-16(11-26)20(12-4-5-12)25-21(19(14)24)15-7-6-13(10-17(15)23)22(28)29-2/h1,6-7,10,12H,4-5,8-9,11,24H2,2H3. The molecule has 2 aliphatic rings. The summed E-state index contributed by atoms with van der Waals surface area (Å²) in [6.45, 7) is 0.822. The molecule has 1 fully saturated rings. The molecule has 1 aromatic heterocycles. The summed E-state index contributed by atoms with van der Waals surface area (Å²) in [5, 5.41) is 0. The van der Waals surface area contributed by atoms with Crippen molar-refractivity contribution in [1.29, 1.82) is 0 Å². The van der Waals surface area contributed by atoms with Crippen LogP contribution in [0.1, 0.15) is 45.9 Å². The SMILES string of the molecule is C#CC(=O)N1CCc2c(N)c(-c3ccc(C(=O)OC)cc3F)nc(C3CC3)c2C1. The number of benzene rings is 1. The number of aromatic nitrogens is 1. The lowest BCUT2D eigenvalue weighted by Crippen LogP contribution is -2.36. The van der Waals surface area contributed by atoms with E-state index in [1.54, 1.807) is 4.90 Å². The Morgan fingerprint density at radius 3 is 2.72 bits per heavy atom. The second-order valence-corrected chi connectivity index (χ2v) is 7.30. The maximum absolute atomic E-state index is 14.8. The fourth-order valence-corrected chi connectivity index (χ4v) is 3.80. The highest BCUT2D eigenvalue weighted by molar-refractivity contribution is 5.93. The maximum atomic E-state index is 14.8. The molecular formula is C22H20FN3O3. The molecule has 148 valence electrons. The van der Waals surface area contributed by atoms with Crippen LogP contribution in [0.4, 0.5) is 10.1 Å². The summed E-state index contributed by atoms with van der Waals surface area (Å²) in [5.41, 5.74) is 10.2. The third-order valence-corrected chi connectivity index (χ3v) is 5.49. The smallest absolute Gasteiger partial charge is 0.337 e. The van der Waals surface area contributed by atoms with Gasteiger partial charge in [0.15, 0.2) is 0 Å². The van der Waals surface area contributed by atoms with Gasteiger partial charge in [0.1, 0.15) is 5.82 Å². The van der Waals surface area contributed by atoms with E-state index in [4.69, 9.17) is 17.1 Å². The first kappa shape index (κ1) is 18.9. The molecule has 0 bridgehead atoms. The largest absolute Gasteiger partial charge is 0.465 e. The fourth-order valence-electron chi connectivity index (χ4n) is 3.80. The molecule has 0 unspecified atom stereocenters. The van der Waals surface area contributed by atoms with Crippen LogP contribution >= 0.6 is 0 Å². The molecule has 1 saturated carbocycles. The lowest BCUT2D eigenvalue weighted by Gasteiger charge is -2.30. The van der Waals surface area contributed by atoms with Gasteiger partial charge in [-0.25, -0.2) is 14.2 Å². The first-order chi connectivity index (χ1) is 13.9. The number of nitrogens with zero attached hydrogens (tertiary/aromatic N) is 2. The molecule has 7 heteroatoms. The number of carbonyl (C=O) groups excluding carboxylic acids is 2. The number of nitrogen functional groups attached to an aromatic ring is 1. The van der Waals surface area contributed by atoms with Gasteiger partial charge in [-0.05, 0) is 54.5 Å². The van der Waals surface area contributed by atoms with Gasteiger partial charge in [-0.3, -0.25) is 4.79 Å². The molecule has 0 radical (unpaired) electrons. The number of methoxy groups -OCH3 is 1. The fraction of sp³-hybridized carbons (Fsp3) is 0.318. The van der Waals surface area contributed by atoms with E-state index in [1.165, 1.54) is 19.2 Å². The summed E-state index contributed by atoms with van der Waals surface area (Å²) >= 11 is 0. The van der Waals surface area contributed by atoms with Crippen molar-refractivity contribution >= 4 is 17.6 Å². The van der Waals surface area contributed by atoms with Crippen molar-refractivity contribution in [3.8, 4) is 23.6 Å². The van der Waals surface area contributed by atoms with Crippen molar-refractivity contribution < 1.29 is 18.7 Å². The van der Waals surface area contributed by atoms with Gasteiger partial charge in [0.25, 0.3) is 5.91 Å². The van der Waals surface area contributed by atoms with Crippen molar-refractivity contribution in [3.63, 3.8) is 0 Å². The van der Waals surface area contributed by atoms with E-state index in [0.717, 1.165) is 35.7 Å². The maximum Gasteiger partial charge on any atom is 0.337 e. The average Bonchev–Trinajstić information content (AvgIpc) is 3.58. The predicted molar refractivity (Wildman–Crippen MR) is 105 cm³/mol. The number of hydrogen-bond acceptors (Lipinski definition) is 5. The van der Waals surface area contributed by atoms with Crippen LogP contribution < -0.4 is 5.73 Å². The summed E-state index contributed by atoms with van der Waals surface area (Å²) in [4.78, 5) is 29.9. The second-order valence-electron chi connectivity index (χ2n) is 7.30. The van der Waals surface area contributed by atoms with Crippen LogP contribution in [0.3, 0.4) is 0 Å². The molecule has 2 aromatic rings. The number of terminal acetylenes is 1. The Morgan fingerprint density at radius 1 is 1.34 bits per heavy atom. The van der Waals surface area contributed by atoms with Gasteiger partial charge in [-0.15, -0.1) is 6.42 Å². The Labute approximate surface area is 167 Å². The first-order valence-electron chi connectivity index (χ1n) is 9.39. The number of fused-ring (bicyclic) bond motifs is 1. The number of amides is 1. The minimum atomic E-state index is -0.612. The third kappa shape index (κ3) is 3.31. The molecule has 0 saturated heterocycles. The minimum absolute atomic E-state index is 0.121. The van der Waals surface area contributed by atoms with Gasteiger partial charge >= 0.3 is 5.97 Å². The Balaban J connectivity index is 1.81. The minimum Gasteiger partial charge on any atom is -0.465 e. The molecule has 4 rings (SSSR count). The molecule has 1 aliphatic carbocycles. The number of rotatable bonds is 3. The Morgan fingerprint density at radius 2 is 2.10 bits per heavy atom. The second kappa shape index (κ2) is 7.21. The lowest BCUT2D eigenvalue weighted by atomic mass is 9.92. The van der Waals surface area contributed by atoms with Crippen molar-refractivity contribution in [2.75, 3.05) is 19.4 Å². The molecule has 0 spiro atoms. The van der Waals surface area contributed by atoms with E-state index in [-0.39, 0.29) is 23.0 Å². The van der Waals surface area contributed by atoms with Crippen molar-refractivity contribution in [1.82, 2.24) is 9.88 Å². The zero-order chi connectivity index (χ0) is 20.7. The van der Waals surface area contributed by atoms with Gasteiger partial charge in [-0.2, -0.15) is 0 Å². The van der Waals surface area contributed by atoms with Crippen molar-refractivity contribution in [2.45, 2.75) is 31.7 Å². The van der Waals surface area contributed by atoms with E-state index in [2.05, 4.69) is 10.7 Å². The monoisotopic (exact) mass is 393 g/mol. The van der Waals surface area contributed by atoms with Gasteiger partial charge in [-0.1, -0.05) is 0 Å². The summed E-state index contributed by atoms with van der Waals surface area (Å²) in [5.74, 6) is 0.877. The molecule has 29 heavy (non-hydrogen) atoms. The summed E-state index contributed by atoms with van der Waals surface area (Å²) in [6.07, 6.45) is 7.79. The van der Waals surface area contributed by atoms with Gasteiger partial charge in [0.2, 0.25) is 0 Å². The summed E-state index contributed by atoms with van der Waals surface area (Å²) in [7, 11) is 1.24. The zero-order valence-corrected chi connectivity index (χ0v) is 16.0. The van der Waals surface area contributed by atoms with Crippen LogP contribution in [-0.4, -0.2) is 35.4 Å². The molecule has 1 amide bonds. The zero-order valence-electron chi connectivity index (χ0n) is 16.0. The quantitative estimate of drug-likeness (QED) is 0.640. The van der Waals surface area contributed by atoms with Gasteiger partial charge < -0.3 is 15.4 Å². The number of hydrogen-bond donors (Lipinski definition) is 1. The normalized spacial score (nSPS) is 15.4. The molecule has 1 aromatic carbocycles. The summed E-state index contributed by atoms with van der Waals surface area (Å²) in [6, 6.07) is 4.13. The molecule has 2 heterocycles. The predicted octanol–water partition coefficient (Wildman–Crippen LogP) is 2.65. The highest BCUT2D eigenvalue weighted by atomic mass is 19.1. The third-order valence-electron chi connectivity index (χ3n) is 5.49. The number of nitrogens with two attached hydrogens (primary N) is 1. The van der Waals surface area contributed by atoms with Crippen LogP contribution in [0.15, 0.2) is 18.2 Å². The van der Waals surface area contributed by atoms with Crippen molar-refractivity contribution in [3.05, 3.63) is 46.4 Å². The van der Waals surface area contributed by atoms with E-state index in [1.807, 2.05) is 0 Å². The Hall–Kier alpha value is -3.40. The topological polar surface area (TPSA) is 85.5 Å². The van der Waals surface area contributed by atoms with Gasteiger partial charge in [0, 0.05) is 30.3 Å². The van der Waals surface area contributed by atoms with E-state index in [9.17, 15) is 14.0 Å². The van der Waals surface area contributed by atoms with E-state index >= 15 is 0 Å². The van der Waals surface area contributed by atoms with Crippen LogP contribution in [0, 0.1) is 18.2 Å². The summed E-state index contributed by atoms with van der Waals surface area (Å²) < 4.78 is 19.5. The van der Waals surface area contributed by atoms with Crippen molar-refractivity contribution in [2.24, 2.45) is 0 Å². The molecular weight excluding hydrogens is 373 g/mol. The first-order valence-corrected chi connectivity index (χ1v) is 9.39. The van der Waals surface area contributed by atoms with Crippen LogP contribution in [0.2, 0.25) is 0 Å². The number of esters is 1. The highest BCUT2D eigenvalue weighted by Gasteiger charge is 2.34. The molecule has 6 nitrogen and oxygen atoms in total.